The molecule has 1 aliphatic rings. The Morgan fingerprint density at radius 2 is 1.79 bits per heavy atom. The number of aromatic nitrogens is 2. The van der Waals surface area contributed by atoms with E-state index in [1.807, 2.05) is 6.92 Å². The van der Waals surface area contributed by atoms with E-state index < -0.39 is 42.7 Å². The maximum absolute atomic E-state index is 11.3. The van der Waals surface area contributed by atoms with Crippen LogP contribution < -0.4 is 0 Å². The van der Waals surface area contributed by atoms with Crippen LogP contribution in [0.5, 0.6) is 0 Å². The van der Waals surface area contributed by atoms with E-state index in [9.17, 15) is 31.6 Å². The van der Waals surface area contributed by atoms with Crippen molar-refractivity contribution in [2.45, 2.75) is 33.1 Å². The second-order valence-electron chi connectivity index (χ2n) is 6.29. The van der Waals surface area contributed by atoms with Crippen LogP contribution in [-0.4, -0.2) is 51.6 Å². The van der Waals surface area contributed by atoms with Crippen molar-refractivity contribution >= 4 is 31.4 Å². The van der Waals surface area contributed by atoms with Gasteiger partial charge in [-0.2, -0.15) is 0 Å². The number of carbonyl (C=O) groups is 2. The molecule has 0 bridgehead atoms. The van der Waals surface area contributed by atoms with Gasteiger partial charge in [0, 0.05) is 23.9 Å². The fraction of sp³-hybridized carbons (Fsp3) is 0.438. The Hall–Kier alpha value is -1.97. The zero-order chi connectivity index (χ0) is 23.0. The summed E-state index contributed by atoms with van der Waals surface area (Å²) in [7, 11) is 0. The van der Waals surface area contributed by atoms with Gasteiger partial charge >= 0.3 is 49.7 Å². The normalized spacial score (nSPS) is 23.2. The van der Waals surface area contributed by atoms with Crippen LogP contribution >= 0.6 is 0 Å². The molecule has 0 saturated heterocycles. The first-order chi connectivity index (χ1) is 12.9. The van der Waals surface area contributed by atoms with Crippen molar-refractivity contribution in [3.8, 4) is 0 Å². The van der Waals surface area contributed by atoms with E-state index in [4.69, 9.17) is 5.11 Å². The van der Waals surface area contributed by atoms with Gasteiger partial charge in [0.05, 0.1) is 11.7 Å². The number of hydrogen-bond acceptors (Lipinski definition) is 3. The Balaban J connectivity index is 0. The molecule has 0 saturated carbocycles. The summed E-state index contributed by atoms with van der Waals surface area (Å²) in [4.78, 5) is 28.9. The quantitative estimate of drug-likeness (QED) is 0.353. The molecule has 2 atom stereocenters. The van der Waals surface area contributed by atoms with Crippen molar-refractivity contribution in [3.63, 3.8) is 0 Å². The smallest absolute Gasteiger partial charge is 0.351 e. The van der Waals surface area contributed by atoms with E-state index in [1.54, 1.807) is 31.7 Å². The first-order valence-corrected chi connectivity index (χ1v) is 14.0. The maximum atomic E-state index is 11.3. The summed E-state index contributed by atoms with van der Waals surface area (Å²) in [6, 6.07) is 0. The van der Waals surface area contributed by atoms with Gasteiger partial charge in [0.15, 0.2) is 0 Å². The minimum Gasteiger partial charge on any atom is -0.351 e. The van der Waals surface area contributed by atoms with Crippen LogP contribution in [0.3, 0.4) is 0 Å². The standard InChI is InChI=1S/C13H18O4.C3H4N2.6FH.Sb/c1-3-4-7-10-9(11(14)15)6-5-8-13(10,2)12(16)17;1-2-5-3-4-1;;;;;;;/h5-6,8,10H,3-4,7H2,1-2H3,(H,14,15)(H,16,17);1-3H,(H,4,5);6*1H;/q;;;;;;;;+5/p-5. The van der Waals surface area contributed by atoms with Crippen LogP contribution in [0, 0.1) is 11.3 Å². The molecule has 0 radical (unpaired) electrons. The van der Waals surface area contributed by atoms with Gasteiger partial charge in [0.2, 0.25) is 0 Å². The van der Waals surface area contributed by atoms with Crippen molar-refractivity contribution < 1.29 is 38.1 Å². The Morgan fingerprint density at radius 3 is 2.10 bits per heavy atom. The predicted octanol–water partition coefficient (Wildman–Crippen LogP) is 5.13. The van der Waals surface area contributed by atoms with E-state index in [-0.39, 0.29) is 7.00 Å². The fourth-order valence-corrected chi connectivity index (χ4v) is 2.43. The van der Waals surface area contributed by atoms with Crippen molar-refractivity contribution in [1.82, 2.24) is 9.97 Å². The summed E-state index contributed by atoms with van der Waals surface area (Å²) in [5, 5.41) is 18.4. The number of allylic oxidation sites excluding steroid dienone is 2. The molecular formula is C16H23F6N2O4Sb. The number of nitrogens with zero attached hydrogens (tertiary/aromatic N) is 1. The summed E-state index contributed by atoms with van der Waals surface area (Å²) in [5.41, 5.74) is -0.914. The number of H-pyrrole nitrogens is 1. The maximum Gasteiger partial charge on any atom is 1.00 e. The van der Waals surface area contributed by atoms with Gasteiger partial charge < -0.3 is 15.2 Å². The van der Waals surface area contributed by atoms with Gasteiger partial charge in [-0.15, -0.1) is 0 Å². The molecule has 0 aliphatic heterocycles. The molecule has 29 heavy (non-hydrogen) atoms. The Labute approximate surface area is 166 Å². The van der Waals surface area contributed by atoms with Crippen LogP contribution in [-0.2, 0) is 9.59 Å². The van der Waals surface area contributed by atoms with Crippen LogP contribution in [0.1, 0.15) is 34.5 Å². The van der Waals surface area contributed by atoms with Crippen molar-refractivity contribution in [3.05, 3.63) is 42.5 Å². The molecule has 6 nitrogen and oxygen atoms in total. The summed E-state index contributed by atoms with van der Waals surface area (Å²) >= 11 is -11.2. The summed E-state index contributed by atoms with van der Waals surface area (Å²) in [6.45, 7) is 3.59. The molecule has 0 spiro atoms. The van der Waals surface area contributed by atoms with E-state index in [0.717, 1.165) is 12.8 Å². The zero-order valence-corrected chi connectivity index (χ0v) is 18.1. The average molecular weight is 543 g/mol. The molecule has 168 valence electrons. The second kappa shape index (κ2) is 9.23. The minimum absolute atomic E-state index is 0. The predicted molar refractivity (Wildman–Crippen MR) is 95.7 cm³/mol. The number of unbranched alkanes of at least 4 members (excludes halogenated alkanes) is 1. The molecule has 0 aromatic carbocycles. The summed E-state index contributed by atoms with van der Waals surface area (Å²) in [5.74, 6) is -2.45. The van der Waals surface area contributed by atoms with Crippen molar-refractivity contribution in [2.75, 3.05) is 0 Å². The molecule has 3 N–H and O–H groups in total. The third-order valence-corrected chi connectivity index (χ3v) is 3.78. The van der Waals surface area contributed by atoms with E-state index >= 15 is 0 Å². The number of hydrogen-bond donors (Lipinski definition) is 3. The first kappa shape index (κ1) is 27.0. The molecule has 0 fully saturated rings. The molecule has 1 aliphatic carbocycles. The van der Waals surface area contributed by atoms with Gasteiger partial charge in [-0.3, -0.25) is 4.79 Å². The van der Waals surface area contributed by atoms with E-state index in [2.05, 4.69) is 9.97 Å². The van der Waals surface area contributed by atoms with Gasteiger partial charge in [-0.1, -0.05) is 38.0 Å². The third kappa shape index (κ3) is 13.0. The third-order valence-electron chi connectivity index (χ3n) is 3.78. The minimum atomic E-state index is -11.2. The molecule has 1 heterocycles. The molecular weight excluding hydrogens is 520 g/mol. The van der Waals surface area contributed by atoms with E-state index in [1.165, 1.54) is 12.2 Å². The summed E-state index contributed by atoms with van der Waals surface area (Å²) < 4.78 is 59.6. The fourth-order valence-electron chi connectivity index (χ4n) is 2.43. The van der Waals surface area contributed by atoms with E-state index in [0.29, 0.717) is 6.42 Å². The largest absolute Gasteiger partial charge is 1.00 e. The monoisotopic (exact) mass is 542 g/mol. The molecule has 0 amide bonds. The molecule has 1 aromatic rings. The number of aromatic amines is 1. The van der Waals surface area contributed by atoms with Crippen LogP contribution in [0.2, 0.25) is 0 Å². The number of imidazole rings is 1. The Bertz CT molecular complexity index is 725. The number of carboxylic acids is 2. The number of carboxylic acid groups (broad SMARTS) is 2. The van der Waals surface area contributed by atoms with Crippen LogP contribution in [0.4, 0.5) is 16.9 Å². The van der Waals surface area contributed by atoms with Crippen LogP contribution in [0.25, 0.3) is 0 Å². The average Bonchev–Trinajstić information content (AvgIpc) is 3.09. The topological polar surface area (TPSA) is 103 Å². The van der Waals surface area contributed by atoms with Gasteiger partial charge in [0.1, 0.15) is 0 Å². The Morgan fingerprint density at radius 1 is 1.24 bits per heavy atom. The van der Waals surface area contributed by atoms with Crippen molar-refractivity contribution in [2.24, 2.45) is 11.3 Å². The molecule has 1 aromatic heterocycles. The second-order valence-corrected chi connectivity index (χ2v) is 11.8. The van der Waals surface area contributed by atoms with Crippen molar-refractivity contribution in [1.29, 1.82) is 0 Å². The number of halogens is 6. The van der Waals surface area contributed by atoms with Crippen LogP contribution in [0.15, 0.2) is 42.5 Å². The van der Waals surface area contributed by atoms with Gasteiger partial charge in [-0.05, 0) is 13.3 Å². The number of nitrogens with one attached hydrogen (secondary N) is 1. The number of aliphatic carboxylic acids is 2. The molecule has 13 heteroatoms. The number of rotatable bonds is 5. The SMILES string of the molecule is CCCCC1C(C(=O)O)=CC=CC1(C)C(=O)O.[F][Sb-]([F])([F])([F])([F])[F].[H+].c1c[nH]cn1. The Kier molecular flexibility index (Phi) is 8.60. The van der Waals surface area contributed by atoms with Gasteiger partial charge in [-0.25, -0.2) is 9.78 Å². The first-order valence-electron chi connectivity index (χ1n) is 8.23. The van der Waals surface area contributed by atoms with Gasteiger partial charge in [0.25, 0.3) is 0 Å². The molecule has 2 rings (SSSR count). The summed E-state index contributed by atoms with van der Waals surface area (Å²) in [6.07, 6.45) is 12.0. The zero-order valence-electron chi connectivity index (χ0n) is 16.5. The molecule has 2 unspecified atom stereocenters.